The molecule has 2 rings (SSSR count). The Morgan fingerprint density at radius 2 is 1.87 bits per heavy atom. The molecule has 1 aromatic heterocycles. The number of ether oxygens (including phenoxy) is 1. The van der Waals surface area contributed by atoms with E-state index >= 15 is 0 Å². The first-order chi connectivity index (χ1) is 10.7. The van der Waals surface area contributed by atoms with Gasteiger partial charge in [-0.25, -0.2) is 9.37 Å². The van der Waals surface area contributed by atoms with Crippen molar-refractivity contribution in [2.24, 2.45) is 0 Å². The molecule has 1 aromatic carbocycles. The highest BCUT2D eigenvalue weighted by atomic mass is 19.4. The van der Waals surface area contributed by atoms with E-state index in [1.54, 1.807) is 25.3 Å². The number of carbonyl (C=O) groups excluding carboxylic acids is 1. The lowest BCUT2D eigenvalue weighted by Gasteiger charge is -2.08. The van der Waals surface area contributed by atoms with Crippen molar-refractivity contribution in [3.05, 3.63) is 54.0 Å². The number of nitrogens with two attached hydrogens (primary N) is 1. The molecule has 4 nitrogen and oxygen atoms in total. The highest BCUT2D eigenvalue weighted by molar-refractivity contribution is 5.99. The first-order valence-electron chi connectivity index (χ1n) is 6.48. The predicted molar refractivity (Wildman–Crippen MR) is 76.4 cm³/mol. The van der Waals surface area contributed by atoms with Gasteiger partial charge in [0.2, 0.25) is 0 Å². The van der Waals surface area contributed by atoms with Crippen molar-refractivity contribution in [2.45, 2.75) is 19.7 Å². The summed E-state index contributed by atoms with van der Waals surface area (Å²) in [7, 11) is 0. The third-order valence-corrected chi connectivity index (χ3v) is 2.52. The van der Waals surface area contributed by atoms with E-state index in [1.807, 2.05) is 0 Å². The Hall–Kier alpha value is -2.64. The van der Waals surface area contributed by atoms with Crippen LogP contribution in [0.5, 0.6) is 5.75 Å². The molecule has 0 unspecified atom stereocenters. The van der Waals surface area contributed by atoms with E-state index in [1.165, 1.54) is 12.1 Å². The Morgan fingerprint density at radius 3 is 2.39 bits per heavy atom. The Labute approximate surface area is 129 Å². The van der Waals surface area contributed by atoms with Crippen molar-refractivity contribution in [3.63, 3.8) is 0 Å². The number of rotatable bonds is 3. The van der Waals surface area contributed by atoms with Crippen LogP contribution < -0.4 is 10.5 Å². The highest BCUT2D eigenvalue weighted by Crippen LogP contribution is 2.24. The van der Waals surface area contributed by atoms with Gasteiger partial charge in [0.05, 0.1) is 5.56 Å². The van der Waals surface area contributed by atoms with Gasteiger partial charge in [0.25, 0.3) is 0 Å². The van der Waals surface area contributed by atoms with Crippen LogP contribution in [-0.2, 0) is 0 Å². The lowest BCUT2D eigenvalue weighted by Crippen LogP contribution is -2.17. The average molecular weight is 330 g/mol. The summed E-state index contributed by atoms with van der Waals surface area (Å²) in [6.45, 7) is 1.80. The molecule has 0 radical (unpaired) electrons. The van der Waals surface area contributed by atoms with Crippen molar-refractivity contribution in [2.75, 3.05) is 5.73 Å². The molecule has 1 heterocycles. The van der Waals surface area contributed by atoms with Gasteiger partial charge >= 0.3 is 6.36 Å². The van der Waals surface area contributed by atoms with E-state index < -0.39 is 17.9 Å². The molecule has 0 aliphatic carbocycles. The Kier molecular flexibility index (Phi) is 6.49. The van der Waals surface area contributed by atoms with Crippen LogP contribution in [0, 0.1) is 5.82 Å². The number of carbonyl (C=O) groups is 1. The van der Waals surface area contributed by atoms with E-state index in [4.69, 9.17) is 5.73 Å². The normalized spacial score (nSPS) is 10.5. The van der Waals surface area contributed by atoms with Crippen LogP contribution in [0.15, 0.2) is 42.6 Å². The number of pyridine rings is 1. The minimum atomic E-state index is -4.85. The van der Waals surface area contributed by atoms with E-state index in [0.29, 0.717) is 17.8 Å². The fourth-order valence-corrected chi connectivity index (χ4v) is 1.50. The summed E-state index contributed by atoms with van der Waals surface area (Å²) in [4.78, 5) is 14.9. The summed E-state index contributed by atoms with van der Waals surface area (Å²) in [5.41, 5.74) is 5.99. The molecule has 2 aromatic rings. The summed E-state index contributed by atoms with van der Waals surface area (Å²) < 4.78 is 50.4. The molecular formula is C15H14F4N2O2. The van der Waals surface area contributed by atoms with Crippen LogP contribution >= 0.6 is 0 Å². The second kappa shape index (κ2) is 8.11. The summed E-state index contributed by atoms with van der Waals surface area (Å²) in [6, 6.07) is 7.72. The minimum absolute atomic E-state index is 0.0376. The van der Waals surface area contributed by atoms with Crippen molar-refractivity contribution >= 4 is 11.6 Å². The number of benzene rings is 1. The maximum atomic E-state index is 12.5. The number of ketones is 1. The van der Waals surface area contributed by atoms with Gasteiger partial charge in [-0.15, -0.1) is 13.2 Å². The minimum Gasteiger partial charge on any atom is -0.403 e. The summed E-state index contributed by atoms with van der Waals surface area (Å²) in [5.74, 6) is -1.49. The topological polar surface area (TPSA) is 65.2 Å². The standard InChI is InChI=1S/C8H10N2O.C7H4F4O/c1-2-7(11)6-4-3-5-10-8(6)9;8-5-3-1-2-4-6(5)12-7(9,10)11/h3-5H,2H2,1H3,(H2,9,10);1-4H. The Morgan fingerprint density at radius 1 is 1.22 bits per heavy atom. The fourth-order valence-electron chi connectivity index (χ4n) is 1.50. The van der Waals surface area contributed by atoms with E-state index in [2.05, 4.69) is 9.72 Å². The SMILES string of the molecule is CCC(=O)c1cccnc1N.Fc1ccccc1OC(F)(F)F. The van der Waals surface area contributed by atoms with Gasteiger partial charge in [0.1, 0.15) is 5.82 Å². The van der Waals surface area contributed by atoms with Gasteiger partial charge in [-0.3, -0.25) is 4.79 Å². The van der Waals surface area contributed by atoms with Crippen LogP contribution in [0.1, 0.15) is 23.7 Å². The fraction of sp³-hybridized carbons (Fsp3) is 0.200. The van der Waals surface area contributed by atoms with Crippen molar-refractivity contribution in [1.29, 1.82) is 0 Å². The summed E-state index contributed by atoms with van der Waals surface area (Å²) >= 11 is 0. The van der Waals surface area contributed by atoms with Crippen LogP contribution in [0.3, 0.4) is 0 Å². The molecule has 0 saturated carbocycles. The average Bonchev–Trinajstić information content (AvgIpc) is 2.49. The quantitative estimate of drug-likeness (QED) is 0.683. The molecule has 124 valence electrons. The second-order valence-electron chi connectivity index (χ2n) is 4.19. The van der Waals surface area contributed by atoms with Gasteiger partial charge in [0, 0.05) is 12.6 Å². The van der Waals surface area contributed by atoms with Gasteiger partial charge in [0.15, 0.2) is 17.3 Å². The number of hydrogen-bond acceptors (Lipinski definition) is 4. The zero-order chi connectivity index (χ0) is 17.5. The predicted octanol–water partition coefficient (Wildman–Crippen LogP) is 3.98. The van der Waals surface area contributed by atoms with Crippen molar-refractivity contribution < 1.29 is 27.1 Å². The number of nitrogen functional groups attached to an aromatic ring is 1. The molecule has 0 aliphatic heterocycles. The summed E-state index contributed by atoms with van der Waals surface area (Å²) in [6.07, 6.45) is -2.81. The van der Waals surface area contributed by atoms with Gasteiger partial charge < -0.3 is 10.5 Å². The molecule has 0 atom stereocenters. The lowest BCUT2D eigenvalue weighted by atomic mass is 10.1. The maximum absolute atomic E-state index is 12.5. The number of alkyl halides is 3. The van der Waals surface area contributed by atoms with E-state index in [0.717, 1.165) is 12.1 Å². The third kappa shape index (κ3) is 6.33. The summed E-state index contributed by atoms with van der Waals surface area (Å²) in [5, 5.41) is 0. The molecule has 0 fully saturated rings. The van der Waals surface area contributed by atoms with Crippen molar-refractivity contribution in [3.8, 4) is 5.75 Å². The van der Waals surface area contributed by atoms with Crippen LogP contribution in [-0.4, -0.2) is 17.1 Å². The monoisotopic (exact) mass is 330 g/mol. The largest absolute Gasteiger partial charge is 0.573 e. The molecule has 0 saturated heterocycles. The number of Topliss-reactive ketones (excluding diaryl/α,β-unsaturated/α-hetero) is 1. The van der Waals surface area contributed by atoms with Crippen molar-refractivity contribution in [1.82, 2.24) is 4.98 Å². The number of para-hydroxylation sites is 1. The molecule has 0 bridgehead atoms. The zero-order valence-electron chi connectivity index (χ0n) is 12.1. The Balaban J connectivity index is 0.000000231. The number of aromatic nitrogens is 1. The molecule has 23 heavy (non-hydrogen) atoms. The lowest BCUT2D eigenvalue weighted by molar-refractivity contribution is -0.275. The maximum Gasteiger partial charge on any atom is 0.573 e. The number of nitrogens with zero attached hydrogens (tertiary/aromatic N) is 1. The van der Waals surface area contributed by atoms with Gasteiger partial charge in [-0.05, 0) is 24.3 Å². The molecule has 2 N–H and O–H groups in total. The third-order valence-electron chi connectivity index (χ3n) is 2.52. The first kappa shape index (κ1) is 18.4. The van der Waals surface area contributed by atoms with E-state index in [9.17, 15) is 22.4 Å². The zero-order valence-corrected chi connectivity index (χ0v) is 12.1. The smallest absolute Gasteiger partial charge is 0.403 e. The van der Waals surface area contributed by atoms with Gasteiger partial charge in [-0.2, -0.15) is 0 Å². The Bertz CT molecular complexity index is 660. The van der Waals surface area contributed by atoms with Crippen LogP contribution in [0.2, 0.25) is 0 Å². The molecule has 8 heteroatoms. The first-order valence-corrected chi connectivity index (χ1v) is 6.48. The van der Waals surface area contributed by atoms with Gasteiger partial charge in [-0.1, -0.05) is 19.1 Å². The van der Waals surface area contributed by atoms with Crippen LogP contribution in [0.4, 0.5) is 23.4 Å². The van der Waals surface area contributed by atoms with Crippen LogP contribution in [0.25, 0.3) is 0 Å². The molecule has 0 spiro atoms. The highest BCUT2D eigenvalue weighted by Gasteiger charge is 2.32. The molecule has 0 aliphatic rings. The number of anilines is 1. The number of hydrogen-bond donors (Lipinski definition) is 1. The second-order valence-corrected chi connectivity index (χ2v) is 4.19. The number of halogens is 4. The van der Waals surface area contributed by atoms with E-state index in [-0.39, 0.29) is 5.78 Å². The molecular weight excluding hydrogens is 316 g/mol. The molecule has 0 amide bonds.